The quantitative estimate of drug-likeness (QED) is 0.513. The van der Waals surface area contributed by atoms with Crippen LogP contribution in [0.3, 0.4) is 0 Å². The van der Waals surface area contributed by atoms with Crippen LogP contribution in [0.1, 0.15) is 11.1 Å². The molecule has 1 aliphatic rings. The smallest absolute Gasteiger partial charge is 0.277 e. The topological polar surface area (TPSA) is 57.4 Å². The van der Waals surface area contributed by atoms with Crippen molar-refractivity contribution in [2.75, 3.05) is 6.79 Å². The largest absolute Gasteiger partial charge is 0.467 e. The van der Waals surface area contributed by atoms with E-state index in [1.54, 1.807) is 0 Å². The highest BCUT2D eigenvalue weighted by Gasteiger charge is 2.18. The van der Waals surface area contributed by atoms with Crippen LogP contribution in [0.15, 0.2) is 50.5 Å². The molecule has 2 aromatic carbocycles. The first-order valence-corrected chi connectivity index (χ1v) is 9.59. The van der Waals surface area contributed by atoms with Crippen LogP contribution in [0.25, 0.3) is 11.5 Å². The Balaban J connectivity index is 1.51. The van der Waals surface area contributed by atoms with Gasteiger partial charge in [-0.2, -0.15) is 0 Å². The van der Waals surface area contributed by atoms with E-state index in [9.17, 15) is 0 Å². The van der Waals surface area contributed by atoms with Gasteiger partial charge in [-0.1, -0.05) is 39.3 Å². The molecule has 0 bridgehead atoms. The van der Waals surface area contributed by atoms with E-state index >= 15 is 0 Å². The molecule has 0 amide bonds. The van der Waals surface area contributed by atoms with Crippen molar-refractivity contribution in [1.82, 2.24) is 10.2 Å². The molecule has 0 aliphatic carbocycles. The van der Waals surface area contributed by atoms with E-state index in [1.807, 2.05) is 36.4 Å². The number of benzene rings is 2. The monoisotopic (exact) mass is 438 g/mol. The number of rotatable bonds is 4. The normalized spacial score (nSPS) is 13.4. The molecule has 5 nitrogen and oxygen atoms in total. The zero-order valence-electron chi connectivity index (χ0n) is 12.9. The molecule has 25 heavy (non-hydrogen) atoms. The van der Waals surface area contributed by atoms with Crippen molar-refractivity contribution in [3.8, 4) is 17.2 Å². The first-order chi connectivity index (χ1) is 12.2. The summed E-state index contributed by atoms with van der Waals surface area (Å²) in [5, 5.41) is 9.36. The van der Waals surface area contributed by atoms with E-state index in [2.05, 4.69) is 26.1 Å². The minimum Gasteiger partial charge on any atom is -0.467 e. The molecule has 8 heteroatoms. The molecule has 128 valence electrons. The number of ether oxygens (including phenoxy) is 2. The summed E-state index contributed by atoms with van der Waals surface area (Å²) in [7, 11) is 0. The summed E-state index contributed by atoms with van der Waals surface area (Å²) in [4.78, 5) is 0. The molecule has 0 radical (unpaired) electrons. The maximum atomic E-state index is 6.18. The number of nitrogens with zero attached hydrogens (tertiary/aromatic N) is 2. The van der Waals surface area contributed by atoms with Gasteiger partial charge in [-0.3, -0.25) is 0 Å². The Kier molecular flexibility index (Phi) is 4.98. The summed E-state index contributed by atoms with van der Waals surface area (Å²) < 4.78 is 17.6. The molecular weight excluding hydrogens is 428 g/mol. The van der Waals surface area contributed by atoms with Gasteiger partial charge in [0.05, 0.1) is 6.61 Å². The van der Waals surface area contributed by atoms with Crippen molar-refractivity contribution >= 4 is 39.3 Å². The van der Waals surface area contributed by atoms with Crippen LogP contribution in [0, 0.1) is 0 Å². The Morgan fingerprint density at radius 3 is 2.84 bits per heavy atom. The van der Waals surface area contributed by atoms with Crippen molar-refractivity contribution in [3.63, 3.8) is 0 Å². The maximum absolute atomic E-state index is 6.18. The first-order valence-electron chi connectivity index (χ1n) is 7.43. The van der Waals surface area contributed by atoms with Gasteiger partial charge in [-0.25, -0.2) is 0 Å². The van der Waals surface area contributed by atoms with Gasteiger partial charge < -0.3 is 13.9 Å². The molecule has 1 aromatic heterocycles. The molecule has 0 saturated carbocycles. The average molecular weight is 440 g/mol. The van der Waals surface area contributed by atoms with Crippen LogP contribution >= 0.6 is 39.3 Å². The minimum atomic E-state index is 0.251. The van der Waals surface area contributed by atoms with Crippen molar-refractivity contribution in [2.45, 2.75) is 17.6 Å². The molecule has 2 heterocycles. The molecule has 0 fully saturated rings. The van der Waals surface area contributed by atoms with Crippen LogP contribution in [-0.4, -0.2) is 17.0 Å². The van der Waals surface area contributed by atoms with E-state index in [0.717, 1.165) is 26.9 Å². The maximum Gasteiger partial charge on any atom is 0.277 e. The molecule has 4 rings (SSSR count). The third kappa shape index (κ3) is 3.84. The fourth-order valence-corrected chi connectivity index (χ4v) is 3.74. The van der Waals surface area contributed by atoms with E-state index < -0.39 is 0 Å². The predicted octanol–water partition coefficient (Wildman–Crippen LogP) is 5.31. The third-order valence-corrected chi connectivity index (χ3v) is 5.21. The number of fused-ring (bicyclic) bond motifs is 1. The summed E-state index contributed by atoms with van der Waals surface area (Å²) >= 11 is 11.0. The highest BCUT2D eigenvalue weighted by atomic mass is 79.9. The van der Waals surface area contributed by atoms with E-state index in [0.29, 0.717) is 28.5 Å². The van der Waals surface area contributed by atoms with Crippen LogP contribution in [-0.2, 0) is 17.1 Å². The first kappa shape index (κ1) is 16.9. The average Bonchev–Trinajstić information content (AvgIpc) is 3.09. The lowest BCUT2D eigenvalue weighted by atomic mass is 10.1. The van der Waals surface area contributed by atoms with Crippen LogP contribution in [0.2, 0.25) is 5.02 Å². The van der Waals surface area contributed by atoms with Gasteiger partial charge in [0.25, 0.3) is 5.22 Å². The Morgan fingerprint density at radius 1 is 1.16 bits per heavy atom. The SMILES string of the molecule is Clc1cc2c(c(CSc3nnc(-c4ccc(Br)cc4)o3)c1)OCOC2. The molecular formula is C17H12BrClN2O3S. The lowest BCUT2D eigenvalue weighted by Crippen LogP contribution is -2.12. The van der Waals surface area contributed by atoms with Gasteiger partial charge in [0.2, 0.25) is 5.89 Å². The standard InChI is InChI=1S/C17H12BrClN2O3S/c18-13-3-1-10(2-4-13)16-20-21-17(24-16)25-8-12-6-14(19)5-11-7-22-9-23-15(11)12/h1-6H,7-9H2. The predicted molar refractivity (Wildman–Crippen MR) is 98.7 cm³/mol. The fourth-order valence-electron chi connectivity index (χ4n) is 2.48. The van der Waals surface area contributed by atoms with Gasteiger partial charge in [0, 0.05) is 31.9 Å². The van der Waals surface area contributed by atoms with E-state index in [-0.39, 0.29) is 6.79 Å². The van der Waals surface area contributed by atoms with Crippen LogP contribution in [0.4, 0.5) is 0 Å². The second-order valence-corrected chi connectivity index (χ2v) is 7.61. The zero-order chi connectivity index (χ0) is 17.2. The molecule has 0 N–H and O–H groups in total. The second-order valence-electron chi connectivity index (χ2n) is 5.33. The van der Waals surface area contributed by atoms with Crippen molar-refractivity contribution in [3.05, 3.63) is 57.0 Å². The van der Waals surface area contributed by atoms with Gasteiger partial charge in [0.15, 0.2) is 6.79 Å². The molecule has 0 spiro atoms. The number of hydrogen-bond donors (Lipinski definition) is 0. The third-order valence-electron chi connectivity index (χ3n) is 3.60. The van der Waals surface area contributed by atoms with Crippen LogP contribution < -0.4 is 4.74 Å². The molecule has 0 saturated heterocycles. The van der Waals surface area contributed by atoms with Gasteiger partial charge in [-0.05, 0) is 36.4 Å². The Morgan fingerprint density at radius 2 is 2.00 bits per heavy atom. The summed E-state index contributed by atoms with van der Waals surface area (Å²) in [5.74, 6) is 1.94. The lowest BCUT2D eigenvalue weighted by Gasteiger charge is -2.20. The van der Waals surface area contributed by atoms with Crippen molar-refractivity contribution in [2.24, 2.45) is 0 Å². The van der Waals surface area contributed by atoms with E-state index in [4.69, 9.17) is 25.5 Å². The van der Waals surface area contributed by atoms with Gasteiger partial charge in [-0.15, -0.1) is 10.2 Å². The number of aromatic nitrogens is 2. The van der Waals surface area contributed by atoms with Crippen LogP contribution in [0.5, 0.6) is 5.75 Å². The number of thioether (sulfide) groups is 1. The van der Waals surface area contributed by atoms with Gasteiger partial charge >= 0.3 is 0 Å². The highest BCUT2D eigenvalue weighted by molar-refractivity contribution is 9.10. The Hall–Kier alpha value is -1.54. The van der Waals surface area contributed by atoms with Crippen molar-refractivity contribution < 1.29 is 13.9 Å². The van der Waals surface area contributed by atoms with Crippen molar-refractivity contribution in [1.29, 1.82) is 0 Å². The summed E-state index contributed by atoms with van der Waals surface area (Å²) in [6, 6.07) is 11.5. The molecule has 0 atom stereocenters. The summed E-state index contributed by atoms with van der Waals surface area (Å²) in [6.45, 7) is 0.752. The number of hydrogen-bond acceptors (Lipinski definition) is 6. The van der Waals surface area contributed by atoms with Gasteiger partial charge in [0.1, 0.15) is 5.75 Å². The Labute approximate surface area is 161 Å². The highest BCUT2D eigenvalue weighted by Crippen LogP contribution is 2.35. The summed E-state index contributed by atoms with van der Waals surface area (Å²) in [5.41, 5.74) is 2.82. The number of halogens is 2. The second kappa shape index (κ2) is 7.37. The zero-order valence-corrected chi connectivity index (χ0v) is 16.0. The Bertz CT molecular complexity index is 901. The molecule has 3 aromatic rings. The van der Waals surface area contributed by atoms with E-state index in [1.165, 1.54) is 11.8 Å². The fraction of sp³-hybridized carbons (Fsp3) is 0.176. The lowest BCUT2D eigenvalue weighted by molar-refractivity contribution is -0.0168. The summed E-state index contributed by atoms with van der Waals surface area (Å²) in [6.07, 6.45) is 0. The molecule has 0 unspecified atom stereocenters. The molecule has 1 aliphatic heterocycles. The minimum absolute atomic E-state index is 0.251.